The number of likely N-dealkylation sites (N-methyl/N-ethyl adjacent to an activating group) is 2. The molecule has 0 aliphatic heterocycles. The minimum Gasteiger partial charge on any atom is -0.336 e. The van der Waals surface area contributed by atoms with E-state index in [1.54, 1.807) is 13.2 Å². The van der Waals surface area contributed by atoms with Crippen LogP contribution < -0.4 is 16.0 Å². The van der Waals surface area contributed by atoms with Crippen molar-refractivity contribution in [1.82, 2.24) is 30.3 Å². The molecule has 1 aliphatic carbocycles. The fourth-order valence-electron chi connectivity index (χ4n) is 2.74. The van der Waals surface area contributed by atoms with E-state index in [1.807, 2.05) is 0 Å². The molecule has 0 aromatic carbocycles. The number of hydrogen-bond donors (Lipinski definition) is 4. The van der Waals surface area contributed by atoms with Gasteiger partial charge in [0.15, 0.2) is 11.5 Å². The van der Waals surface area contributed by atoms with E-state index in [2.05, 4.69) is 30.6 Å². The topological polar surface area (TPSA) is 163 Å². The smallest absolute Gasteiger partial charge is 0.333 e. The lowest BCUT2D eigenvalue weighted by Crippen LogP contribution is -2.80. The number of hydrogen-bond acceptors (Lipinski definition) is 9. The molecule has 2 amide bonds. The molecule has 0 atom stereocenters. The molecule has 2 aromatic rings. The van der Waals surface area contributed by atoms with Gasteiger partial charge in [-0.1, -0.05) is 0 Å². The van der Waals surface area contributed by atoms with Gasteiger partial charge >= 0.3 is 5.91 Å². The zero-order valence-corrected chi connectivity index (χ0v) is 17.4. The van der Waals surface area contributed by atoms with Crippen LogP contribution in [0.1, 0.15) is 34.9 Å². The van der Waals surface area contributed by atoms with Gasteiger partial charge in [-0.2, -0.15) is 0 Å². The minimum atomic E-state index is -0.611. The third-order valence-corrected chi connectivity index (χ3v) is 4.59. The normalized spacial score (nSPS) is 13.8. The monoisotopic (exact) mass is 426 g/mol. The van der Waals surface area contributed by atoms with E-state index >= 15 is 0 Å². The molecule has 3 rings (SSSR count). The number of nitrogens with one attached hydrogen (secondary N) is 3. The van der Waals surface area contributed by atoms with E-state index in [9.17, 15) is 9.59 Å². The highest BCUT2D eigenvalue weighted by molar-refractivity contribution is 6.04. The van der Waals surface area contributed by atoms with Crippen LogP contribution in [-0.2, 0) is 9.63 Å². The summed E-state index contributed by atoms with van der Waals surface area (Å²) in [6.07, 6.45) is 8.98. The van der Waals surface area contributed by atoms with E-state index in [4.69, 9.17) is 10.2 Å². The molecule has 0 saturated heterocycles. The lowest BCUT2D eigenvalue weighted by atomic mass is 10.2. The van der Waals surface area contributed by atoms with E-state index in [1.165, 1.54) is 38.2 Å². The molecular formula is C19H24N9O3+. The number of rotatable bonds is 9. The molecule has 5 N–H and O–H groups in total. The third-order valence-electron chi connectivity index (χ3n) is 4.59. The Kier molecular flexibility index (Phi) is 6.95. The second kappa shape index (κ2) is 9.82. The fourth-order valence-corrected chi connectivity index (χ4v) is 2.74. The Morgan fingerprint density at radius 1 is 1.29 bits per heavy atom. The maximum atomic E-state index is 13.1. The Morgan fingerprint density at radius 2 is 2.00 bits per heavy atom. The van der Waals surface area contributed by atoms with Gasteiger partial charge in [-0.05, 0) is 12.8 Å². The number of carbonyl (C=O) groups excluding carboxylic acids is 2. The molecule has 0 unspecified atom stereocenters. The SMILES string of the molecule is C[NH2+]C(C(=O)N(C)OC)=C(C=N)NC(=O)c1nc(C2CC2)cnc1Nc1cncnc1. The molecule has 1 fully saturated rings. The first kappa shape index (κ1) is 21.9. The van der Waals surface area contributed by atoms with E-state index in [0.717, 1.165) is 29.8 Å². The number of hydroxylamine groups is 2. The Morgan fingerprint density at radius 3 is 2.58 bits per heavy atom. The zero-order valence-electron chi connectivity index (χ0n) is 17.4. The number of anilines is 2. The zero-order chi connectivity index (χ0) is 22.4. The number of allylic oxidation sites excluding steroid dienone is 1. The predicted molar refractivity (Wildman–Crippen MR) is 110 cm³/mol. The van der Waals surface area contributed by atoms with Gasteiger partial charge in [-0.3, -0.25) is 14.4 Å². The summed E-state index contributed by atoms with van der Waals surface area (Å²) < 4.78 is 0. The standard InChI is InChI=1S/C19H23N9O3/c1-21-15(19(30)28(2)31-3)13(6-20)27-18(29)16-17(25-12-7-22-10-23-8-12)24-9-14(26-16)11-4-5-11/h6-11,20-21H,4-5H2,1-3H3,(H,24,25)(H,27,29)/p+1. The Bertz CT molecular complexity index is 1010. The predicted octanol–water partition coefficient (Wildman–Crippen LogP) is -0.308. The first-order chi connectivity index (χ1) is 15.0. The van der Waals surface area contributed by atoms with Crippen LogP contribution in [0.3, 0.4) is 0 Å². The molecule has 2 aromatic heterocycles. The molecule has 31 heavy (non-hydrogen) atoms. The van der Waals surface area contributed by atoms with Crippen LogP contribution in [0.2, 0.25) is 0 Å². The molecule has 1 aliphatic rings. The summed E-state index contributed by atoms with van der Waals surface area (Å²) in [6.45, 7) is 0. The largest absolute Gasteiger partial charge is 0.336 e. The van der Waals surface area contributed by atoms with Crippen molar-refractivity contribution >= 4 is 29.5 Å². The summed E-state index contributed by atoms with van der Waals surface area (Å²) in [4.78, 5) is 47.2. The fraction of sp³-hybridized carbons (Fsp3) is 0.316. The van der Waals surface area contributed by atoms with Crippen molar-refractivity contribution in [3.63, 3.8) is 0 Å². The molecule has 12 heteroatoms. The van der Waals surface area contributed by atoms with Gasteiger partial charge in [0.1, 0.15) is 12.0 Å². The van der Waals surface area contributed by atoms with Gasteiger partial charge in [0.2, 0.25) is 5.70 Å². The van der Waals surface area contributed by atoms with Crippen LogP contribution in [0.5, 0.6) is 0 Å². The second-order valence-corrected chi connectivity index (χ2v) is 6.72. The number of nitrogens with two attached hydrogens (primary N) is 1. The molecule has 0 bridgehead atoms. The van der Waals surface area contributed by atoms with Crippen molar-refractivity contribution in [3.8, 4) is 0 Å². The molecule has 0 spiro atoms. The average Bonchev–Trinajstić information content (AvgIpc) is 3.64. The highest BCUT2D eigenvalue weighted by Crippen LogP contribution is 2.39. The lowest BCUT2D eigenvalue weighted by molar-refractivity contribution is -0.572. The van der Waals surface area contributed by atoms with E-state index in [0.29, 0.717) is 5.69 Å². The Hall–Kier alpha value is -3.77. The third kappa shape index (κ3) is 5.24. The molecule has 1 saturated carbocycles. The van der Waals surface area contributed by atoms with Gasteiger partial charge in [-0.15, -0.1) is 0 Å². The molecule has 12 nitrogen and oxygen atoms in total. The highest BCUT2D eigenvalue weighted by Gasteiger charge is 2.29. The number of aromatic nitrogens is 4. The molecule has 0 radical (unpaired) electrons. The second-order valence-electron chi connectivity index (χ2n) is 6.72. The summed E-state index contributed by atoms with van der Waals surface area (Å²) in [6, 6.07) is 0. The quantitative estimate of drug-likeness (QED) is 0.241. The van der Waals surface area contributed by atoms with Gasteiger partial charge < -0.3 is 21.4 Å². The molecule has 2 heterocycles. The van der Waals surface area contributed by atoms with Gasteiger partial charge in [0.05, 0.1) is 44.1 Å². The van der Waals surface area contributed by atoms with Crippen LogP contribution >= 0.6 is 0 Å². The Labute approximate surface area is 178 Å². The Balaban J connectivity index is 1.94. The van der Waals surface area contributed by atoms with Crippen molar-refractivity contribution in [3.05, 3.63) is 47.7 Å². The summed E-state index contributed by atoms with van der Waals surface area (Å²) in [7, 11) is 4.41. The first-order valence-electron chi connectivity index (χ1n) is 9.55. The lowest BCUT2D eigenvalue weighted by Gasteiger charge is -2.16. The van der Waals surface area contributed by atoms with Gasteiger partial charge in [-0.25, -0.2) is 25.0 Å². The van der Waals surface area contributed by atoms with Crippen LogP contribution in [0.15, 0.2) is 36.3 Å². The maximum absolute atomic E-state index is 13.1. The van der Waals surface area contributed by atoms with Crippen molar-refractivity contribution in [2.45, 2.75) is 18.8 Å². The van der Waals surface area contributed by atoms with Crippen LogP contribution in [0.4, 0.5) is 11.5 Å². The van der Waals surface area contributed by atoms with Crippen LogP contribution in [-0.4, -0.2) is 64.2 Å². The van der Waals surface area contributed by atoms with Gasteiger partial charge in [0.25, 0.3) is 5.91 Å². The summed E-state index contributed by atoms with van der Waals surface area (Å²) in [5.74, 6) is -0.632. The number of nitrogens with zero attached hydrogens (tertiary/aromatic N) is 5. The maximum Gasteiger partial charge on any atom is 0.333 e. The van der Waals surface area contributed by atoms with Crippen LogP contribution in [0.25, 0.3) is 0 Å². The van der Waals surface area contributed by atoms with Crippen molar-refractivity contribution in [2.75, 3.05) is 26.5 Å². The summed E-state index contributed by atoms with van der Waals surface area (Å²) in [5, 5.41) is 15.8. The number of quaternary nitrogens is 1. The van der Waals surface area contributed by atoms with E-state index < -0.39 is 11.8 Å². The molecule has 162 valence electrons. The summed E-state index contributed by atoms with van der Waals surface area (Å²) in [5.41, 5.74) is 1.40. The number of carbonyl (C=O) groups is 2. The first-order valence-corrected chi connectivity index (χ1v) is 9.55. The minimum absolute atomic E-state index is 0.00835. The van der Waals surface area contributed by atoms with Crippen molar-refractivity contribution < 1.29 is 19.7 Å². The van der Waals surface area contributed by atoms with Crippen molar-refractivity contribution in [1.29, 1.82) is 5.41 Å². The number of amides is 2. The van der Waals surface area contributed by atoms with Crippen LogP contribution in [0, 0.1) is 5.41 Å². The van der Waals surface area contributed by atoms with Gasteiger partial charge in [0, 0.05) is 19.2 Å². The average molecular weight is 426 g/mol. The molecular weight excluding hydrogens is 402 g/mol. The van der Waals surface area contributed by atoms with E-state index in [-0.39, 0.29) is 28.8 Å². The summed E-state index contributed by atoms with van der Waals surface area (Å²) >= 11 is 0. The van der Waals surface area contributed by atoms with Crippen molar-refractivity contribution in [2.24, 2.45) is 0 Å². The highest BCUT2D eigenvalue weighted by atomic mass is 16.7.